The van der Waals surface area contributed by atoms with E-state index in [4.69, 9.17) is 10.5 Å². The van der Waals surface area contributed by atoms with E-state index in [1.807, 2.05) is 11.7 Å². The van der Waals surface area contributed by atoms with Gasteiger partial charge in [-0.25, -0.2) is 0 Å². The Balaban J connectivity index is 0.00000120. The molecule has 0 fully saturated rings. The number of halogens is 1. The van der Waals surface area contributed by atoms with Crippen molar-refractivity contribution in [3.63, 3.8) is 0 Å². The van der Waals surface area contributed by atoms with Crippen molar-refractivity contribution in [2.75, 3.05) is 13.2 Å². The molecule has 0 bridgehead atoms. The van der Waals surface area contributed by atoms with Crippen LogP contribution in [0.4, 0.5) is 0 Å². The van der Waals surface area contributed by atoms with Crippen LogP contribution in [0.2, 0.25) is 0 Å². The van der Waals surface area contributed by atoms with E-state index in [0.717, 1.165) is 13.0 Å². The minimum Gasteiger partial charge on any atom is -0.372 e. The largest absolute Gasteiger partial charge is 0.372 e. The Morgan fingerprint density at radius 3 is 3.06 bits per heavy atom. The van der Waals surface area contributed by atoms with Gasteiger partial charge in [-0.3, -0.25) is 4.98 Å². The van der Waals surface area contributed by atoms with Gasteiger partial charge in [-0.2, -0.15) is 0 Å². The first-order valence-electron chi connectivity index (χ1n) is 5.72. The van der Waals surface area contributed by atoms with Crippen molar-refractivity contribution >= 4 is 23.7 Å². The second-order valence-corrected chi connectivity index (χ2v) is 4.97. The van der Waals surface area contributed by atoms with Crippen LogP contribution in [0.15, 0.2) is 29.9 Å². The molecule has 1 unspecified atom stereocenters. The summed E-state index contributed by atoms with van der Waals surface area (Å²) in [5.74, 6) is 0. The Morgan fingerprint density at radius 1 is 1.44 bits per heavy atom. The highest BCUT2D eigenvalue weighted by Crippen LogP contribution is 2.35. The monoisotopic (exact) mass is 282 g/mol. The number of fused-ring (bicyclic) bond motifs is 1. The van der Waals surface area contributed by atoms with E-state index in [2.05, 4.69) is 23.2 Å². The van der Waals surface area contributed by atoms with Crippen LogP contribution >= 0.6 is 23.7 Å². The molecule has 2 aromatic rings. The Labute approximate surface area is 116 Å². The van der Waals surface area contributed by atoms with Gasteiger partial charge < -0.3 is 10.5 Å². The highest BCUT2D eigenvalue weighted by Gasteiger charge is 2.22. The number of aromatic nitrogens is 1. The fraction of sp³-hybridized carbons (Fsp3) is 0.308. The molecule has 0 saturated heterocycles. The molecule has 0 radical (unpaired) electrons. The second kappa shape index (κ2) is 5.80. The smallest absolute Gasteiger partial charge is 0.0950 e. The fourth-order valence-electron chi connectivity index (χ4n) is 2.35. The molecule has 3 nitrogen and oxygen atoms in total. The molecule has 96 valence electrons. The standard InChI is InChI=1S/C13H14N2OS.ClH/c14-6-12-10-2-1-3-11(9(10)4-5-16-12)13-7-15-8-17-13;/h1-3,7-8,12H,4-6,14H2;1H. The summed E-state index contributed by atoms with van der Waals surface area (Å²) in [4.78, 5) is 5.37. The Morgan fingerprint density at radius 2 is 2.33 bits per heavy atom. The van der Waals surface area contributed by atoms with Crippen LogP contribution in [-0.2, 0) is 11.2 Å². The van der Waals surface area contributed by atoms with Gasteiger partial charge in [0.15, 0.2) is 0 Å². The van der Waals surface area contributed by atoms with Crippen molar-refractivity contribution in [3.05, 3.63) is 41.0 Å². The van der Waals surface area contributed by atoms with Crippen LogP contribution in [0.25, 0.3) is 10.4 Å². The summed E-state index contributed by atoms with van der Waals surface area (Å²) in [6, 6.07) is 6.35. The lowest BCUT2D eigenvalue weighted by Crippen LogP contribution is -2.23. The molecule has 5 heteroatoms. The van der Waals surface area contributed by atoms with Crippen LogP contribution in [0.5, 0.6) is 0 Å². The maximum atomic E-state index is 5.75. The maximum Gasteiger partial charge on any atom is 0.0950 e. The van der Waals surface area contributed by atoms with Crippen LogP contribution in [0.1, 0.15) is 17.2 Å². The van der Waals surface area contributed by atoms with Crippen molar-refractivity contribution in [1.29, 1.82) is 0 Å². The zero-order valence-electron chi connectivity index (χ0n) is 9.83. The second-order valence-electron chi connectivity index (χ2n) is 4.08. The zero-order chi connectivity index (χ0) is 11.7. The quantitative estimate of drug-likeness (QED) is 0.921. The van der Waals surface area contributed by atoms with Gasteiger partial charge in [0.1, 0.15) is 0 Å². The Kier molecular flexibility index (Phi) is 4.35. The minimum atomic E-state index is 0. The first-order chi connectivity index (χ1) is 8.40. The molecule has 0 amide bonds. The summed E-state index contributed by atoms with van der Waals surface area (Å²) in [5.41, 5.74) is 11.5. The van der Waals surface area contributed by atoms with Gasteiger partial charge in [-0.05, 0) is 23.1 Å². The lowest BCUT2D eigenvalue weighted by Gasteiger charge is -2.26. The summed E-state index contributed by atoms with van der Waals surface area (Å²) >= 11 is 1.67. The number of hydrogen-bond donors (Lipinski definition) is 1. The number of nitrogens with two attached hydrogens (primary N) is 1. The summed E-state index contributed by atoms with van der Waals surface area (Å²) in [6.07, 6.45) is 2.93. The first-order valence-corrected chi connectivity index (χ1v) is 6.60. The van der Waals surface area contributed by atoms with Gasteiger partial charge >= 0.3 is 0 Å². The molecule has 1 aromatic carbocycles. The maximum absolute atomic E-state index is 5.75. The fourth-order valence-corrected chi connectivity index (χ4v) is 3.03. The number of benzene rings is 1. The summed E-state index contributed by atoms with van der Waals surface area (Å²) in [6.45, 7) is 1.30. The van der Waals surface area contributed by atoms with Crippen LogP contribution < -0.4 is 5.73 Å². The first kappa shape index (κ1) is 13.5. The summed E-state index contributed by atoms with van der Waals surface area (Å²) < 4.78 is 5.69. The molecule has 0 spiro atoms. The molecule has 2 N–H and O–H groups in total. The van der Waals surface area contributed by atoms with E-state index in [9.17, 15) is 0 Å². The summed E-state index contributed by atoms with van der Waals surface area (Å²) in [5, 5.41) is 0. The van der Waals surface area contributed by atoms with E-state index in [-0.39, 0.29) is 18.5 Å². The summed E-state index contributed by atoms with van der Waals surface area (Å²) in [7, 11) is 0. The van der Waals surface area contributed by atoms with E-state index in [0.29, 0.717) is 6.54 Å². The SMILES string of the molecule is Cl.NCC1OCCc2c(-c3cncs3)cccc21. The highest BCUT2D eigenvalue weighted by molar-refractivity contribution is 7.13. The van der Waals surface area contributed by atoms with Gasteiger partial charge in [0.2, 0.25) is 0 Å². The molecular weight excluding hydrogens is 268 g/mol. The van der Waals surface area contributed by atoms with Gasteiger partial charge in [-0.1, -0.05) is 18.2 Å². The molecular formula is C13H15ClN2OS. The molecule has 3 rings (SSSR count). The minimum absolute atomic E-state index is 0. The van der Waals surface area contributed by atoms with Crippen molar-refractivity contribution < 1.29 is 4.74 Å². The molecule has 2 heterocycles. The third kappa shape index (κ3) is 2.29. The topological polar surface area (TPSA) is 48.1 Å². The van der Waals surface area contributed by atoms with Crippen LogP contribution in [-0.4, -0.2) is 18.1 Å². The van der Waals surface area contributed by atoms with Gasteiger partial charge in [0, 0.05) is 12.7 Å². The lowest BCUT2D eigenvalue weighted by molar-refractivity contribution is 0.0487. The number of nitrogens with zero attached hydrogens (tertiary/aromatic N) is 1. The Hall–Kier alpha value is -0.940. The molecule has 1 aliphatic heterocycles. The predicted molar refractivity (Wildman–Crippen MR) is 76.2 cm³/mol. The number of thiazole rings is 1. The molecule has 1 aromatic heterocycles. The highest BCUT2D eigenvalue weighted by atomic mass is 35.5. The molecule has 18 heavy (non-hydrogen) atoms. The van der Waals surface area contributed by atoms with Crippen molar-refractivity contribution in [1.82, 2.24) is 4.98 Å². The molecule has 1 aliphatic rings. The average molecular weight is 283 g/mol. The number of hydrogen-bond acceptors (Lipinski definition) is 4. The zero-order valence-corrected chi connectivity index (χ0v) is 11.5. The third-order valence-corrected chi connectivity index (χ3v) is 3.95. The van der Waals surface area contributed by atoms with Crippen LogP contribution in [0.3, 0.4) is 0 Å². The molecule has 0 aliphatic carbocycles. The number of rotatable bonds is 2. The Bertz CT molecular complexity index is 516. The van der Waals surface area contributed by atoms with Crippen molar-refractivity contribution in [2.24, 2.45) is 5.73 Å². The van der Waals surface area contributed by atoms with E-state index in [1.165, 1.54) is 21.6 Å². The van der Waals surface area contributed by atoms with Gasteiger partial charge in [-0.15, -0.1) is 23.7 Å². The molecule has 0 saturated carbocycles. The van der Waals surface area contributed by atoms with Gasteiger partial charge in [0.25, 0.3) is 0 Å². The van der Waals surface area contributed by atoms with Crippen LogP contribution in [0, 0.1) is 0 Å². The lowest BCUT2D eigenvalue weighted by atomic mass is 9.92. The van der Waals surface area contributed by atoms with E-state index < -0.39 is 0 Å². The average Bonchev–Trinajstić information content (AvgIpc) is 2.91. The molecule has 1 atom stereocenters. The van der Waals surface area contributed by atoms with Crippen molar-refractivity contribution in [2.45, 2.75) is 12.5 Å². The number of ether oxygens (including phenoxy) is 1. The predicted octanol–water partition coefficient (Wildman–Crippen LogP) is 2.80. The normalized spacial score (nSPS) is 17.9. The van der Waals surface area contributed by atoms with Gasteiger partial charge in [0.05, 0.1) is 23.1 Å². The van der Waals surface area contributed by atoms with E-state index >= 15 is 0 Å². The van der Waals surface area contributed by atoms with E-state index in [1.54, 1.807) is 11.3 Å². The third-order valence-electron chi connectivity index (χ3n) is 3.14. The van der Waals surface area contributed by atoms with Crippen molar-refractivity contribution in [3.8, 4) is 10.4 Å².